The molecule has 2 N–H and O–H groups in total. The van der Waals surface area contributed by atoms with E-state index in [4.69, 9.17) is 0 Å². The standard InChI is InChI=1S/C19H30N2O/c22-14-11-17(16-7-2-1-3-8-16)15-20-18-9-6-13-21-12-5-4-10-19(18)21/h1-3,7-8,17-20,22H,4-6,9-15H2/t17-,18+,19-/m1/s1. The van der Waals surface area contributed by atoms with Crippen molar-refractivity contribution in [2.24, 2.45) is 0 Å². The van der Waals surface area contributed by atoms with Crippen molar-refractivity contribution in [1.29, 1.82) is 0 Å². The molecule has 0 spiro atoms. The van der Waals surface area contributed by atoms with Crippen LogP contribution in [-0.4, -0.2) is 48.3 Å². The summed E-state index contributed by atoms with van der Waals surface area (Å²) < 4.78 is 0. The fourth-order valence-corrected chi connectivity index (χ4v) is 4.26. The summed E-state index contributed by atoms with van der Waals surface area (Å²) in [6.07, 6.45) is 7.59. The molecule has 22 heavy (non-hydrogen) atoms. The Morgan fingerprint density at radius 2 is 1.91 bits per heavy atom. The molecule has 2 aliphatic heterocycles. The number of hydrogen-bond donors (Lipinski definition) is 2. The zero-order chi connectivity index (χ0) is 15.2. The Morgan fingerprint density at radius 3 is 2.73 bits per heavy atom. The van der Waals surface area contributed by atoms with Crippen LogP contribution in [0.4, 0.5) is 0 Å². The van der Waals surface area contributed by atoms with Crippen LogP contribution in [0.1, 0.15) is 50.0 Å². The third kappa shape index (κ3) is 3.89. The molecule has 3 atom stereocenters. The highest BCUT2D eigenvalue weighted by molar-refractivity contribution is 5.20. The molecule has 0 unspecified atom stereocenters. The molecule has 0 bridgehead atoms. The van der Waals surface area contributed by atoms with Crippen molar-refractivity contribution >= 4 is 0 Å². The molecule has 0 aromatic heterocycles. The lowest BCUT2D eigenvalue weighted by molar-refractivity contribution is 0.0766. The predicted molar refractivity (Wildman–Crippen MR) is 91.1 cm³/mol. The van der Waals surface area contributed by atoms with Crippen LogP contribution in [0, 0.1) is 0 Å². The summed E-state index contributed by atoms with van der Waals surface area (Å²) in [6.45, 7) is 3.84. The van der Waals surface area contributed by atoms with Crippen LogP contribution in [0.15, 0.2) is 30.3 Å². The number of aliphatic hydroxyl groups excluding tert-OH is 1. The number of benzene rings is 1. The Bertz CT molecular complexity index is 434. The molecular formula is C19H30N2O. The van der Waals surface area contributed by atoms with Crippen LogP contribution in [0.2, 0.25) is 0 Å². The molecule has 2 fully saturated rings. The first-order chi connectivity index (χ1) is 10.9. The van der Waals surface area contributed by atoms with Gasteiger partial charge in [-0.15, -0.1) is 0 Å². The van der Waals surface area contributed by atoms with Crippen molar-refractivity contribution in [1.82, 2.24) is 10.2 Å². The molecule has 3 heteroatoms. The van der Waals surface area contributed by atoms with Gasteiger partial charge in [0.2, 0.25) is 0 Å². The molecule has 0 saturated carbocycles. The fourth-order valence-electron chi connectivity index (χ4n) is 4.26. The second-order valence-electron chi connectivity index (χ2n) is 6.88. The lowest BCUT2D eigenvalue weighted by Crippen LogP contribution is -2.56. The highest BCUT2D eigenvalue weighted by Crippen LogP contribution is 2.27. The van der Waals surface area contributed by atoms with Crippen molar-refractivity contribution in [3.05, 3.63) is 35.9 Å². The Kier molecular flexibility index (Phi) is 5.88. The molecule has 3 nitrogen and oxygen atoms in total. The van der Waals surface area contributed by atoms with Gasteiger partial charge in [0.15, 0.2) is 0 Å². The van der Waals surface area contributed by atoms with Crippen molar-refractivity contribution in [2.45, 2.75) is 56.5 Å². The normalized spacial score (nSPS) is 27.3. The Labute approximate surface area is 134 Å². The first-order valence-corrected chi connectivity index (χ1v) is 9.01. The quantitative estimate of drug-likeness (QED) is 0.848. The molecule has 122 valence electrons. The summed E-state index contributed by atoms with van der Waals surface area (Å²) in [6, 6.07) is 12.0. The molecule has 0 radical (unpaired) electrons. The second kappa shape index (κ2) is 8.09. The third-order valence-electron chi connectivity index (χ3n) is 5.46. The van der Waals surface area contributed by atoms with E-state index >= 15 is 0 Å². The SMILES string of the molecule is OCC[C@H](CN[C@H]1CCCN2CCCC[C@H]12)c1ccccc1. The summed E-state index contributed by atoms with van der Waals surface area (Å²) >= 11 is 0. The van der Waals surface area contributed by atoms with Gasteiger partial charge in [-0.1, -0.05) is 36.8 Å². The van der Waals surface area contributed by atoms with Crippen molar-refractivity contribution in [3.63, 3.8) is 0 Å². The molecule has 1 aromatic rings. The highest BCUT2D eigenvalue weighted by atomic mass is 16.3. The summed E-state index contributed by atoms with van der Waals surface area (Å²) in [4.78, 5) is 2.70. The van der Waals surface area contributed by atoms with E-state index in [0.29, 0.717) is 12.0 Å². The van der Waals surface area contributed by atoms with Gasteiger partial charge in [-0.2, -0.15) is 0 Å². The van der Waals surface area contributed by atoms with Crippen molar-refractivity contribution in [2.75, 3.05) is 26.2 Å². The van der Waals surface area contributed by atoms with Gasteiger partial charge in [0.1, 0.15) is 0 Å². The van der Waals surface area contributed by atoms with E-state index in [1.54, 1.807) is 0 Å². The largest absolute Gasteiger partial charge is 0.396 e. The van der Waals surface area contributed by atoms with E-state index < -0.39 is 0 Å². The molecule has 3 rings (SSSR count). The van der Waals surface area contributed by atoms with Crippen LogP contribution in [-0.2, 0) is 0 Å². The molecule has 2 aliphatic rings. The van der Waals surface area contributed by atoms with Gasteiger partial charge in [0.05, 0.1) is 0 Å². The van der Waals surface area contributed by atoms with Gasteiger partial charge in [-0.25, -0.2) is 0 Å². The smallest absolute Gasteiger partial charge is 0.0437 e. The van der Waals surface area contributed by atoms with E-state index in [0.717, 1.165) is 19.0 Å². The number of nitrogens with zero attached hydrogens (tertiary/aromatic N) is 1. The summed E-state index contributed by atoms with van der Waals surface area (Å²) in [5.41, 5.74) is 1.35. The number of fused-ring (bicyclic) bond motifs is 1. The lowest BCUT2D eigenvalue weighted by atomic mass is 9.88. The number of aliphatic hydroxyl groups is 1. The molecule has 2 heterocycles. The first-order valence-electron chi connectivity index (χ1n) is 9.01. The van der Waals surface area contributed by atoms with Gasteiger partial charge in [-0.05, 0) is 56.7 Å². The van der Waals surface area contributed by atoms with Gasteiger partial charge in [0.25, 0.3) is 0 Å². The average Bonchev–Trinajstić information content (AvgIpc) is 2.59. The molecule has 0 aliphatic carbocycles. The summed E-state index contributed by atoms with van der Waals surface area (Å²) in [7, 11) is 0. The number of piperidine rings is 2. The van der Waals surface area contributed by atoms with E-state index in [1.165, 1.54) is 50.8 Å². The minimum Gasteiger partial charge on any atom is -0.396 e. The van der Waals surface area contributed by atoms with Crippen LogP contribution in [0.5, 0.6) is 0 Å². The topological polar surface area (TPSA) is 35.5 Å². The van der Waals surface area contributed by atoms with Gasteiger partial charge < -0.3 is 10.4 Å². The molecule has 2 saturated heterocycles. The maximum absolute atomic E-state index is 9.39. The minimum atomic E-state index is 0.265. The monoisotopic (exact) mass is 302 g/mol. The maximum atomic E-state index is 9.39. The summed E-state index contributed by atoms with van der Waals surface area (Å²) in [5, 5.41) is 13.2. The number of rotatable bonds is 6. The maximum Gasteiger partial charge on any atom is 0.0437 e. The average molecular weight is 302 g/mol. The Morgan fingerprint density at radius 1 is 1.09 bits per heavy atom. The van der Waals surface area contributed by atoms with Crippen molar-refractivity contribution in [3.8, 4) is 0 Å². The predicted octanol–water partition coefficient (Wildman–Crippen LogP) is 2.76. The van der Waals surface area contributed by atoms with Crippen LogP contribution >= 0.6 is 0 Å². The number of nitrogens with one attached hydrogen (secondary N) is 1. The third-order valence-corrected chi connectivity index (χ3v) is 5.46. The van der Waals surface area contributed by atoms with Crippen LogP contribution in [0.3, 0.4) is 0 Å². The highest BCUT2D eigenvalue weighted by Gasteiger charge is 2.32. The van der Waals surface area contributed by atoms with Crippen molar-refractivity contribution < 1.29 is 5.11 Å². The van der Waals surface area contributed by atoms with E-state index in [2.05, 4.69) is 40.5 Å². The molecule has 1 aromatic carbocycles. The fraction of sp³-hybridized carbons (Fsp3) is 0.684. The zero-order valence-electron chi connectivity index (χ0n) is 13.6. The Hall–Kier alpha value is -0.900. The van der Waals surface area contributed by atoms with E-state index in [1.807, 2.05) is 0 Å². The zero-order valence-corrected chi connectivity index (χ0v) is 13.6. The Balaban J connectivity index is 1.59. The first kappa shape index (κ1) is 16.0. The van der Waals surface area contributed by atoms with Crippen LogP contribution < -0.4 is 5.32 Å². The minimum absolute atomic E-state index is 0.265. The van der Waals surface area contributed by atoms with E-state index in [9.17, 15) is 5.11 Å². The molecular weight excluding hydrogens is 272 g/mol. The lowest BCUT2D eigenvalue weighted by Gasteiger charge is -2.45. The van der Waals surface area contributed by atoms with Crippen LogP contribution in [0.25, 0.3) is 0 Å². The van der Waals surface area contributed by atoms with E-state index in [-0.39, 0.29) is 6.61 Å². The molecule has 0 amide bonds. The number of hydrogen-bond acceptors (Lipinski definition) is 3. The van der Waals surface area contributed by atoms with Gasteiger partial charge >= 0.3 is 0 Å². The van der Waals surface area contributed by atoms with Gasteiger partial charge in [-0.3, -0.25) is 4.90 Å². The second-order valence-corrected chi connectivity index (χ2v) is 6.88. The summed E-state index contributed by atoms with van der Waals surface area (Å²) in [5.74, 6) is 0.421. The van der Waals surface area contributed by atoms with Gasteiger partial charge in [0, 0.05) is 25.2 Å².